The molecule has 0 spiro atoms. The van der Waals surface area contributed by atoms with Gasteiger partial charge in [0, 0.05) is 0 Å². The van der Waals surface area contributed by atoms with E-state index >= 15 is 0 Å². The summed E-state index contributed by atoms with van der Waals surface area (Å²) >= 11 is 0. The molecule has 1 aliphatic rings. The van der Waals surface area contributed by atoms with Crippen molar-refractivity contribution in [2.75, 3.05) is 0 Å². The first-order valence-corrected chi connectivity index (χ1v) is 3.41. The smallest absolute Gasteiger partial charge is 0.0661 e. The normalized spacial score (nSPS) is 33.8. The molecule has 0 N–H and O–H groups in total. The topological polar surface area (TPSA) is 23.8 Å². The average molecular weight is 121 g/mol. The Kier molecular flexibility index (Phi) is 1.89. The number of nitrogens with zero attached hydrogens (tertiary/aromatic N) is 1. The number of rotatable bonds is 0. The van der Waals surface area contributed by atoms with Crippen LogP contribution in [0.15, 0.2) is 12.2 Å². The van der Waals surface area contributed by atoms with Gasteiger partial charge < -0.3 is 0 Å². The highest BCUT2D eigenvalue weighted by atomic mass is 14.3. The first kappa shape index (κ1) is 6.35. The molecule has 1 aliphatic carbocycles. The molecule has 0 aliphatic heterocycles. The summed E-state index contributed by atoms with van der Waals surface area (Å²) in [5.41, 5.74) is 0. The van der Waals surface area contributed by atoms with Gasteiger partial charge in [-0.1, -0.05) is 19.1 Å². The quantitative estimate of drug-likeness (QED) is 0.450. The molecule has 0 aromatic carbocycles. The van der Waals surface area contributed by atoms with Crippen LogP contribution in [0.1, 0.15) is 19.8 Å². The molecule has 48 valence electrons. The van der Waals surface area contributed by atoms with Crippen LogP contribution in [0.4, 0.5) is 0 Å². The maximum atomic E-state index is 8.58. The first-order valence-electron chi connectivity index (χ1n) is 3.41. The molecular formula is C8H11N. The fourth-order valence-corrected chi connectivity index (χ4v) is 1.17. The summed E-state index contributed by atoms with van der Waals surface area (Å²) in [6, 6.07) is 2.30. The molecule has 0 bridgehead atoms. The predicted molar refractivity (Wildman–Crippen MR) is 36.6 cm³/mol. The summed E-state index contributed by atoms with van der Waals surface area (Å²) in [7, 11) is 0. The SMILES string of the molecule is C[C@@H]1C=CCC[C@@H]1C#N. The Morgan fingerprint density at radius 1 is 1.67 bits per heavy atom. The molecule has 1 rings (SSSR count). The molecular weight excluding hydrogens is 110 g/mol. The van der Waals surface area contributed by atoms with Crippen molar-refractivity contribution in [1.82, 2.24) is 0 Å². The van der Waals surface area contributed by atoms with Crippen molar-refractivity contribution < 1.29 is 0 Å². The zero-order chi connectivity index (χ0) is 6.69. The van der Waals surface area contributed by atoms with Gasteiger partial charge in [-0.05, 0) is 18.8 Å². The third-order valence-electron chi connectivity index (χ3n) is 1.88. The average Bonchev–Trinajstić information content (AvgIpc) is 1.89. The van der Waals surface area contributed by atoms with Crippen LogP contribution in [0.3, 0.4) is 0 Å². The van der Waals surface area contributed by atoms with E-state index in [-0.39, 0.29) is 5.92 Å². The Morgan fingerprint density at radius 2 is 2.44 bits per heavy atom. The lowest BCUT2D eigenvalue weighted by Crippen LogP contribution is -2.09. The molecule has 0 fully saturated rings. The van der Waals surface area contributed by atoms with Gasteiger partial charge in [-0.2, -0.15) is 5.26 Å². The Hall–Kier alpha value is -0.770. The van der Waals surface area contributed by atoms with Crippen LogP contribution >= 0.6 is 0 Å². The monoisotopic (exact) mass is 121 g/mol. The van der Waals surface area contributed by atoms with E-state index in [9.17, 15) is 0 Å². The minimum absolute atomic E-state index is 0.273. The lowest BCUT2D eigenvalue weighted by atomic mass is 9.87. The van der Waals surface area contributed by atoms with Gasteiger partial charge in [0.05, 0.1) is 12.0 Å². The van der Waals surface area contributed by atoms with Crippen LogP contribution in [-0.2, 0) is 0 Å². The minimum Gasteiger partial charge on any atom is -0.198 e. The van der Waals surface area contributed by atoms with E-state index in [1.54, 1.807) is 0 Å². The zero-order valence-electron chi connectivity index (χ0n) is 5.67. The zero-order valence-corrected chi connectivity index (χ0v) is 5.67. The third-order valence-corrected chi connectivity index (χ3v) is 1.88. The van der Waals surface area contributed by atoms with Crippen LogP contribution in [0, 0.1) is 23.2 Å². The molecule has 9 heavy (non-hydrogen) atoms. The number of nitriles is 1. The Labute approximate surface area is 56.0 Å². The van der Waals surface area contributed by atoms with Gasteiger partial charge in [-0.3, -0.25) is 0 Å². The molecule has 2 atom stereocenters. The second kappa shape index (κ2) is 2.68. The fraction of sp³-hybridized carbons (Fsp3) is 0.625. The van der Waals surface area contributed by atoms with E-state index in [0.29, 0.717) is 5.92 Å². The first-order chi connectivity index (χ1) is 4.34. The van der Waals surface area contributed by atoms with E-state index in [1.807, 2.05) is 0 Å². The molecule has 0 unspecified atom stereocenters. The molecule has 0 saturated carbocycles. The highest BCUT2D eigenvalue weighted by Crippen LogP contribution is 2.22. The van der Waals surface area contributed by atoms with Crippen molar-refractivity contribution in [3.05, 3.63) is 12.2 Å². The second-order valence-corrected chi connectivity index (χ2v) is 2.60. The molecule has 0 aromatic rings. The van der Waals surface area contributed by atoms with Gasteiger partial charge in [0.25, 0.3) is 0 Å². The van der Waals surface area contributed by atoms with Gasteiger partial charge in [0.15, 0.2) is 0 Å². The van der Waals surface area contributed by atoms with Crippen LogP contribution < -0.4 is 0 Å². The number of hydrogen-bond acceptors (Lipinski definition) is 1. The molecule has 0 heterocycles. The van der Waals surface area contributed by atoms with E-state index in [2.05, 4.69) is 25.1 Å². The van der Waals surface area contributed by atoms with Crippen molar-refractivity contribution in [2.45, 2.75) is 19.8 Å². The third kappa shape index (κ3) is 1.32. The summed E-state index contributed by atoms with van der Waals surface area (Å²) in [6.07, 6.45) is 6.44. The second-order valence-electron chi connectivity index (χ2n) is 2.60. The van der Waals surface area contributed by atoms with Gasteiger partial charge in [0.1, 0.15) is 0 Å². The molecule has 0 saturated heterocycles. The Bertz CT molecular complexity index is 152. The Morgan fingerprint density at radius 3 is 2.89 bits per heavy atom. The van der Waals surface area contributed by atoms with E-state index < -0.39 is 0 Å². The summed E-state index contributed by atoms with van der Waals surface area (Å²) in [5.74, 6) is 0.749. The molecule has 0 aromatic heterocycles. The maximum Gasteiger partial charge on any atom is 0.0661 e. The van der Waals surface area contributed by atoms with Gasteiger partial charge in [0.2, 0.25) is 0 Å². The summed E-state index contributed by atoms with van der Waals surface area (Å²) < 4.78 is 0. The Balaban J connectivity index is 2.57. The van der Waals surface area contributed by atoms with Crippen molar-refractivity contribution >= 4 is 0 Å². The molecule has 0 amide bonds. The standard InChI is InChI=1S/C8H11N/c1-7-4-2-3-5-8(7)6-9/h2,4,7-8H,3,5H2,1H3/t7-,8-/m1/s1. The van der Waals surface area contributed by atoms with E-state index in [1.165, 1.54) is 0 Å². The molecule has 1 heteroatoms. The van der Waals surface area contributed by atoms with Crippen molar-refractivity contribution in [1.29, 1.82) is 5.26 Å². The van der Waals surface area contributed by atoms with Crippen molar-refractivity contribution in [3.8, 4) is 6.07 Å². The van der Waals surface area contributed by atoms with Crippen molar-refractivity contribution in [2.24, 2.45) is 11.8 Å². The highest BCUT2D eigenvalue weighted by molar-refractivity contribution is 5.02. The maximum absolute atomic E-state index is 8.58. The van der Waals surface area contributed by atoms with Gasteiger partial charge >= 0.3 is 0 Å². The summed E-state index contributed by atoms with van der Waals surface area (Å²) in [4.78, 5) is 0. The van der Waals surface area contributed by atoms with Crippen LogP contribution in [0.25, 0.3) is 0 Å². The van der Waals surface area contributed by atoms with E-state index in [0.717, 1.165) is 12.8 Å². The fourth-order valence-electron chi connectivity index (χ4n) is 1.17. The van der Waals surface area contributed by atoms with Crippen LogP contribution in [-0.4, -0.2) is 0 Å². The number of hydrogen-bond donors (Lipinski definition) is 0. The lowest BCUT2D eigenvalue weighted by molar-refractivity contribution is 0.470. The summed E-state index contributed by atoms with van der Waals surface area (Å²) in [5, 5.41) is 8.58. The minimum atomic E-state index is 0.273. The van der Waals surface area contributed by atoms with E-state index in [4.69, 9.17) is 5.26 Å². The number of allylic oxidation sites excluding steroid dienone is 2. The van der Waals surface area contributed by atoms with Gasteiger partial charge in [-0.25, -0.2) is 0 Å². The summed E-state index contributed by atoms with van der Waals surface area (Å²) in [6.45, 7) is 2.10. The highest BCUT2D eigenvalue weighted by Gasteiger charge is 2.15. The van der Waals surface area contributed by atoms with Crippen LogP contribution in [0.2, 0.25) is 0 Å². The van der Waals surface area contributed by atoms with Crippen molar-refractivity contribution in [3.63, 3.8) is 0 Å². The molecule has 1 nitrogen and oxygen atoms in total. The molecule has 0 radical (unpaired) electrons. The van der Waals surface area contributed by atoms with Crippen LogP contribution in [0.5, 0.6) is 0 Å². The largest absolute Gasteiger partial charge is 0.198 e. The van der Waals surface area contributed by atoms with Gasteiger partial charge in [-0.15, -0.1) is 0 Å². The lowest BCUT2D eigenvalue weighted by Gasteiger charge is -2.16. The predicted octanol–water partition coefficient (Wildman–Crippen LogP) is 2.11.